The van der Waals surface area contributed by atoms with Crippen molar-refractivity contribution in [3.63, 3.8) is 0 Å². The predicted molar refractivity (Wildman–Crippen MR) is 104 cm³/mol. The number of methoxy groups -OCH3 is 1. The van der Waals surface area contributed by atoms with E-state index in [2.05, 4.69) is 25.4 Å². The van der Waals surface area contributed by atoms with Gasteiger partial charge in [0.25, 0.3) is 5.56 Å². The Balaban J connectivity index is 1.82. The fraction of sp³-hybridized carbons (Fsp3) is 0.294. The molecule has 3 rings (SSSR count). The van der Waals surface area contributed by atoms with E-state index in [1.807, 2.05) is 6.92 Å². The van der Waals surface area contributed by atoms with Crippen molar-refractivity contribution in [3.05, 3.63) is 39.4 Å². The van der Waals surface area contributed by atoms with Crippen molar-refractivity contribution >= 4 is 40.5 Å². The van der Waals surface area contributed by atoms with Gasteiger partial charge in [0.15, 0.2) is 10.8 Å². The Hall–Kier alpha value is -3.21. The first kappa shape index (κ1) is 19.5. The summed E-state index contributed by atoms with van der Waals surface area (Å²) >= 11 is 1.05. The first-order valence-corrected chi connectivity index (χ1v) is 9.20. The quantitative estimate of drug-likeness (QED) is 0.369. The maximum atomic E-state index is 12.5. The number of rotatable bonds is 5. The molecular formula is C17H18N6O4S. The molecule has 28 heavy (non-hydrogen) atoms. The molecule has 0 spiro atoms. The molecule has 0 atom stereocenters. The number of amides is 1. The highest BCUT2D eigenvalue weighted by atomic mass is 32.2. The van der Waals surface area contributed by atoms with Crippen LogP contribution in [0.25, 0.3) is 11.0 Å². The summed E-state index contributed by atoms with van der Waals surface area (Å²) in [6, 6.07) is 3.22. The molecule has 0 saturated heterocycles. The number of H-pyrrole nitrogens is 1. The number of anilines is 1. The van der Waals surface area contributed by atoms with E-state index < -0.39 is 11.5 Å². The van der Waals surface area contributed by atoms with Crippen molar-refractivity contribution in [1.29, 1.82) is 0 Å². The number of thioether (sulfide) groups is 1. The van der Waals surface area contributed by atoms with E-state index in [0.29, 0.717) is 11.5 Å². The van der Waals surface area contributed by atoms with Crippen LogP contribution in [0.15, 0.2) is 22.1 Å². The summed E-state index contributed by atoms with van der Waals surface area (Å²) < 4.78 is 6.28. The second-order valence-corrected chi connectivity index (χ2v) is 6.97. The molecule has 0 aliphatic carbocycles. The molecule has 3 aromatic heterocycles. The van der Waals surface area contributed by atoms with E-state index in [0.717, 1.165) is 17.5 Å². The normalized spacial score (nSPS) is 10.9. The Kier molecular flexibility index (Phi) is 5.45. The largest absolute Gasteiger partial charge is 0.465 e. The first-order chi connectivity index (χ1) is 13.3. The number of esters is 1. The van der Waals surface area contributed by atoms with Crippen LogP contribution in [0.3, 0.4) is 0 Å². The second kappa shape index (κ2) is 7.80. The number of aromatic amines is 1. The van der Waals surface area contributed by atoms with Gasteiger partial charge >= 0.3 is 5.97 Å². The van der Waals surface area contributed by atoms with Crippen LogP contribution >= 0.6 is 11.8 Å². The Morgan fingerprint density at radius 1 is 1.25 bits per heavy atom. The summed E-state index contributed by atoms with van der Waals surface area (Å²) in [5.41, 5.74) is 0.997. The van der Waals surface area contributed by atoms with E-state index in [9.17, 15) is 14.4 Å². The lowest BCUT2D eigenvalue weighted by atomic mass is 10.1. The number of aromatic nitrogens is 5. The van der Waals surface area contributed by atoms with Crippen LogP contribution < -0.4 is 10.9 Å². The molecule has 0 radical (unpaired) electrons. The van der Waals surface area contributed by atoms with Gasteiger partial charge in [0.05, 0.1) is 29.5 Å². The Morgan fingerprint density at radius 2 is 2.00 bits per heavy atom. The smallest absolute Gasteiger partial charge is 0.338 e. The van der Waals surface area contributed by atoms with Gasteiger partial charge in [0, 0.05) is 18.8 Å². The highest BCUT2D eigenvalue weighted by molar-refractivity contribution is 7.99. The summed E-state index contributed by atoms with van der Waals surface area (Å²) in [5, 5.41) is 7.17. The van der Waals surface area contributed by atoms with E-state index in [1.165, 1.54) is 13.2 Å². The van der Waals surface area contributed by atoms with Crippen LogP contribution in [-0.4, -0.2) is 49.5 Å². The minimum absolute atomic E-state index is 0.0222. The molecule has 1 amide bonds. The topological polar surface area (TPSA) is 132 Å². The first-order valence-electron chi connectivity index (χ1n) is 8.21. The van der Waals surface area contributed by atoms with Gasteiger partial charge in [0.1, 0.15) is 5.82 Å². The van der Waals surface area contributed by atoms with Gasteiger partial charge in [-0.1, -0.05) is 11.8 Å². The van der Waals surface area contributed by atoms with Gasteiger partial charge in [-0.05, 0) is 19.9 Å². The number of carbonyl (C=O) groups excluding carboxylic acids is 2. The number of carbonyl (C=O) groups is 2. The minimum atomic E-state index is -0.644. The third kappa shape index (κ3) is 4.03. The number of hydrogen-bond acceptors (Lipinski definition) is 8. The Morgan fingerprint density at radius 3 is 2.64 bits per heavy atom. The van der Waals surface area contributed by atoms with Crippen molar-refractivity contribution in [2.24, 2.45) is 7.05 Å². The molecule has 146 valence electrons. The number of pyridine rings is 1. The Bertz CT molecular complexity index is 1140. The van der Waals surface area contributed by atoms with Gasteiger partial charge in [-0.3, -0.25) is 14.3 Å². The zero-order valence-electron chi connectivity index (χ0n) is 15.7. The van der Waals surface area contributed by atoms with Crippen LogP contribution in [-0.2, 0) is 16.6 Å². The molecular weight excluding hydrogens is 384 g/mol. The summed E-state index contributed by atoms with van der Waals surface area (Å²) in [6.07, 6.45) is 0. The summed E-state index contributed by atoms with van der Waals surface area (Å²) in [6.45, 7) is 3.51. The zero-order valence-corrected chi connectivity index (χ0v) is 16.5. The molecule has 0 aromatic carbocycles. The van der Waals surface area contributed by atoms with Crippen molar-refractivity contribution < 1.29 is 14.3 Å². The molecule has 0 aliphatic heterocycles. The number of ether oxygens (including phenoxy) is 1. The van der Waals surface area contributed by atoms with Crippen LogP contribution in [0.1, 0.15) is 21.7 Å². The average molecular weight is 402 g/mol. The lowest BCUT2D eigenvalue weighted by Gasteiger charge is -2.07. The van der Waals surface area contributed by atoms with E-state index in [4.69, 9.17) is 4.74 Å². The molecule has 2 N–H and O–H groups in total. The molecule has 0 saturated carbocycles. The summed E-state index contributed by atoms with van der Waals surface area (Å²) in [5.74, 6) is -0.325. The molecule has 3 heterocycles. The lowest BCUT2D eigenvalue weighted by Crippen LogP contribution is -2.18. The molecule has 0 bridgehead atoms. The van der Waals surface area contributed by atoms with Crippen molar-refractivity contribution in [3.8, 4) is 0 Å². The number of nitrogens with one attached hydrogen (secondary N) is 2. The van der Waals surface area contributed by atoms with Gasteiger partial charge < -0.3 is 15.0 Å². The molecule has 11 heteroatoms. The van der Waals surface area contributed by atoms with Gasteiger partial charge in [-0.2, -0.15) is 5.10 Å². The third-order valence-electron chi connectivity index (χ3n) is 3.80. The zero-order chi connectivity index (χ0) is 20.4. The minimum Gasteiger partial charge on any atom is -0.465 e. The van der Waals surface area contributed by atoms with Crippen molar-refractivity contribution in [1.82, 2.24) is 24.7 Å². The van der Waals surface area contributed by atoms with Gasteiger partial charge in [-0.15, -0.1) is 0 Å². The molecule has 0 fully saturated rings. The highest BCUT2D eigenvalue weighted by Crippen LogP contribution is 2.18. The third-order valence-corrected chi connectivity index (χ3v) is 4.67. The molecule has 0 aliphatic rings. The van der Waals surface area contributed by atoms with Gasteiger partial charge in [-0.25, -0.2) is 14.8 Å². The summed E-state index contributed by atoms with van der Waals surface area (Å²) in [4.78, 5) is 47.6. The fourth-order valence-electron chi connectivity index (χ4n) is 2.62. The second-order valence-electron chi connectivity index (χ2n) is 6.00. The van der Waals surface area contributed by atoms with Crippen molar-refractivity contribution in [2.75, 3.05) is 18.2 Å². The molecule has 3 aromatic rings. The van der Waals surface area contributed by atoms with E-state index in [-0.39, 0.29) is 33.4 Å². The maximum Gasteiger partial charge on any atom is 0.338 e. The van der Waals surface area contributed by atoms with Crippen LogP contribution in [0, 0.1) is 13.8 Å². The maximum absolute atomic E-state index is 12.5. The monoisotopic (exact) mass is 402 g/mol. The van der Waals surface area contributed by atoms with E-state index >= 15 is 0 Å². The number of nitrogens with zero attached hydrogens (tertiary/aromatic N) is 4. The fourth-order valence-corrected chi connectivity index (χ4v) is 3.28. The highest BCUT2D eigenvalue weighted by Gasteiger charge is 2.18. The number of fused-ring (bicyclic) bond motifs is 1. The Labute approximate surface area is 163 Å². The standard InChI is InChI=1S/C17H18N6O4S/c1-8-5-10(16(26)27-4)13-14(18-8)20-17(21-15(13)25)28-7-12(24)19-11-6-9(2)22-23(11)3/h5-6H,7H2,1-4H3,(H,19,24)(H,18,20,21,25). The van der Waals surface area contributed by atoms with Gasteiger partial charge in [0.2, 0.25) is 5.91 Å². The number of aryl methyl sites for hydroxylation is 3. The van der Waals surface area contributed by atoms with Crippen LogP contribution in [0.2, 0.25) is 0 Å². The molecule has 0 unspecified atom stereocenters. The SMILES string of the molecule is COC(=O)c1cc(C)nc2nc(SCC(=O)Nc3cc(C)nn3C)[nH]c(=O)c12. The molecule has 10 nitrogen and oxygen atoms in total. The van der Waals surface area contributed by atoms with Crippen LogP contribution in [0.4, 0.5) is 5.82 Å². The number of hydrogen-bond donors (Lipinski definition) is 2. The van der Waals surface area contributed by atoms with E-state index in [1.54, 1.807) is 24.7 Å². The summed E-state index contributed by atoms with van der Waals surface area (Å²) in [7, 11) is 2.96. The van der Waals surface area contributed by atoms with Crippen molar-refractivity contribution in [2.45, 2.75) is 19.0 Å². The van der Waals surface area contributed by atoms with Crippen LogP contribution in [0.5, 0.6) is 0 Å². The lowest BCUT2D eigenvalue weighted by molar-refractivity contribution is -0.113. The average Bonchev–Trinajstić information content (AvgIpc) is 2.95. The predicted octanol–water partition coefficient (Wildman–Crippen LogP) is 1.19.